The topological polar surface area (TPSA) is 132 Å². The molecule has 2 aromatic rings. The molecule has 0 spiro atoms. The number of esters is 1. The number of ether oxygens (including phenoxy) is 2. The summed E-state index contributed by atoms with van der Waals surface area (Å²) in [6.45, 7) is 3.12. The second-order valence-electron chi connectivity index (χ2n) is 5.67. The zero-order valence-corrected chi connectivity index (χ0v) is 16.4. The molecule has 0 unspecified atom stereocenters. The van der Waals surface area contributed by atoms with Crippen LogP contribution in [0.1, 0.15) is 22.8 Å². The van der Waals surface area contributed by atoms with Crippen LogP contribution >= 0.6 is 11.8 Å². The number of nitro benzene ring substituents is 1. The standard InChI is InChI=1S/C19H17N3O6S/c1-3-27-17-7-4-13(9-16(17)22(25)26)19(24)28-10-18(23)21-15-6-5-14(29-11-20)8-12(15)2/h4-9H,3,10H2,1-2H3,(H,21,23). The third kappa shape index (κ3) is 5.95. The Morgan fingerprint density at radius 1 is 1.28 bits per heavy atom. The summed E-state index contributed by atoms with van der Waals surface area (Å²) in [5, 5.41) is 24.4. The molecule has 150 valence electrons. The van der Waals surface area contributed by atoms with Gasteiger partial charge >= 0.3 is 11.7 Å². The van der Waals surface area contributed by atoms with E-state index in [1.54, 1.807) is 32.0 Å². The Hall–Kier alpha value is -3.58. The second-order valence-corrected chi connectivity index (χ2v) is 6.53. The zero-order valence-electron chi connectivity index (χ0n) is 15.6. The number of nitrogens with zero attached hydrogens (tertiary/aromatic N) is 2. The number of hydrogen-bond donors (Lipinski definition) is 1. The van der Waals surface area contributed by atoms with Crippen LogP contribution in [0.25, 0.3) is 0 Å². The maximum absolute atomic E-state index is 12.1. The van der Waals surface area contributed by atoms with Crippen molar-refractivity contribution < 1.29 is 24.0 Å². The molecular weight excluding hydrogens is 398 g/mol. The van der Waals surface area contributed by atoms with Crippen LogP contribution in [0.3, 0.4) is 0 Å². The molecule has 29 heavy (non-hydrogen) atoms. The molecule has 0 aliphatic rings. The number of nitrogens with one attached hydrogen (secondary N) is 1. The molecular formula is C19H17N3O6S. The Morgan fingerprint density at radius 3 is 2.66 bits per heavy atom. The first-order chi connectivity index (χ1) is 13.8. The Balaban J connectivity index is 2.00. The van der Waals surface area contributed by atoms with Gasteiger partial charge in [-0.2, -0.15) is 5.26 Å². The highest BCUT2D eigenvalue weighted by Crippen LogP contribution is 2.28. The van der Waals surface area contributed by atoms with E-state index in [4.69, 9.17) is 14.7 Å². The minimum Gasteiger partial charge on any atom is -0.487 e. The van der Waals surface area contributed by atoms with Gasteiger partial charge in [0.1, 0.15) is 5.40 Å². The molecule has 9 nitrogen and oxygen atoms in total. The van der Waals surface area contributed by atoms with E-state index in [0.29, 0.717) is 5.69 Å². The van der Waals surface area contributed by atoms with Gasteiger partial charge in [0.05, 0.1) is 17.1 Å². The fraction of sp³-hybridized carbons (Fsp3) is 0.211. The minimum absolute atomic E-state index is 0.0419. The summed E-state index contributed by atoms with van der Waals surface area (Å²) in [5.74, 6) is -1.40. The van der Waals surface area contributed by atoms with Crippen molar-refractivity contribution in [1.29, 1.82) is 5.26 Å². The van der Waals surface area contributed by atoms with Gasteiger partial charge in [-0.05, 0) is 61.5 Å². The lowest BCUT2D eigenvalue weighted by Crippen LogP contribution is -2.21. The van der Waals surface area contributed by atoms with Crippen LogP contribution in [-0.2, 0) is 9.53 Å². The Morgan fingerprint density at radius 2 is 2.03 bits per heavy atom. The number of anilines is 1. The molecule has 0 saturated heterocycles. The maximum Gasteiger partial charge on any atom is 0.338 e. The lowest BCUT2D eigenvalue weighted by atomic mass is 10.2. The SMILES string of the molecule is CCOc1ccc(C(=O)OCC(=O)Nc2ccc(SC#N)cc2C)cc1[N+](=O)[O-]. The Kier molecular flexibility index (Phi) is 7.56. The fourth-order valence-corrected chi connectivity index (χ4v) is 2.84. The van der Waals surface area contributed by atoms with E-state index >= 15 is 0 Å². The van der Waals surface area contributed by atoms with Crippen molar-refractivity contribution in [2.24, 2.45) is 0 Å². The normalized spacial score (nSPS) is 9.97. The third-order valence-electron chi connectivity index (χ3n) is 3.66. The number of carbonyl (C=O) groups is 2. The summed E-state index contributed by atoms with van der Waals surface area (Å²) in [5.41, 5.74) is 0.829. The van der Waals surface area contributed by atoms with E-state index in [-0.39, 0.29) is 23.6 Å². The van der Waals surface area contributed by atoms with Crippen molar-refractivity contribution in [3.05, 3.63) is 57.6 Å². The van der Waals surface area contributed by atoms with E-state index in [9.17, 15) is 19.7 Å². The first-order valence-corrected chi connectivity index (χ1v) is 9.22. The van der Waals surface area contributed by atoms with Gasteiger partial charge in [-0.3, -0.25) is 14.9 Å². The molecule has 10 heteroatoms. The molecule has 0 aromatic heterocycles. The number of aryl methyl sites for hydroxylation is 1. The summed E-state index contributed by atoms with van der Waals surface area (Å²) < 4.78 is 10.1. The van der Waals surface area contributed by atoms with E-state index in [2.05, 4.69) is 5.32 Å². The van der Waals surface area contributed by atoms with E-state index < -0.39 is 23.4 Å². The first-order valence-electron chi connectivity index (χ1n) is 8.40. The van der Waals surface area contributed by atoms with Crippen LogP contribution in [0.2, 0.25) is 0 Å². The zero-order chi connectivity index (χ0) is 21.4. The number of hydrogen-bond acceptors (Lipinski definition) is 8. The van der Waals surface area contributed by atoms with E-state index in [1.165, 1.54) is 12.1 Å². The van der Waals surface area contributed by atoms with Crippen molar-refractivity contribution in [3.8, 4) is 11.2 Å². The van der Waals surface area contributed by atoms with Crippen molar-refractivity contribution in [2.45, 2.75) is 18.7 Å². The molecule has 1 N–H and O–H groups in total. The molecule has 2 rings (SSSR count). The molecule has 0 aliphatic heterocycles. The number of benzene rings is 2. The highest BCUT2D eigenvalue weighted by molar-refractivity contribution is 8.03. The number of amides is 1. The average Bonchev–Trinajstić information content (AvgIpc) is 2.69. The molecule has 0 radical (unpaired) electrons. The third-order valence-corrected chi connectivity index (χ3v) is 4.24. The van der Waals surface area contributed by atoms with Gasteiger partial charge in [-0.25, -0.2) is 4.79 Å². The van der Waals surface area contributed by atoms with Gasteiger partial charge in [0.25, 0.3) is 5.91 Å². The summed E-state index contributed by atoms with van der Waals surface area (Å²) in [6, 6.07) is 8.75. The Labute approximate surface area is 170 Å². The van der Waals surface area contributed by atoms with Crippen molar-refractivity contribution in [3.63, 3.8) is 0 Å². The molecule has 0 aliphatic carbocycles. The lowest BCUT2D eigenvalue weighted by Gasteiger charge is -2.10. The predicted molar refractivity (Wildman–Crippen MR) is 106 cm³/mol. The maximum atomic E-state index is 12.1. The highest BCUT2D eigenvalue weighted by atomic mass is 32.2. The number of thioether (sulfide) groups is 1. The summed E-state index contributed by atoms with van der Waals surface area (Å²) >= 11 is 1.00. The van der Waals surface area contributed by atoms with Gasteiger partial charge < -0.3 is 14.8 Å². The lowest BCUT2D eigenvalue weighted by molar-refractivity contribution is -0.385. The minimum atomic E-state index is -0.871. The monoisotopic (exact) mass is 415 g/mol. The quantitative estimate of drug-likeness (QED) is 0.227. The van der Waals surface area contributed by atoms with Crippen molar-refractivity contribution in [1.82, 2.24) is 0 Å². The Bertz CT molecular complexity index is 986. The van der Waals surface area contributed by atoms with Crippen LogP contribution in [-0.4, -0.2) is 30.0 Å². The number of nitriles is 1. The van der Waals surface area contributed by atoms with Crippen molar-refractivity contribution >= 4 is 35.0 Å². The molecule has 0 bridgehead atoms. The fourth-order valence-electron chi connectivity index (χ4n) is 2.36. The van der Waals surface area contributed by atoms with Gasteiger partial charge in [-0.15, -0.1) is 0 Å². The van der Waals surface area contributed by atoms with Crippen molar-refractivity contribution in [2.75, 3.05) is 18.5 Å². The van der Waals surface area contributed by atoms with Crippen LogP contribution in [0, 0.1) is 27.7 Å². The number of thiocyanates is 1. The predicted octanol–water partition coefficient (Wildman–Crippen LogP) is 3.67. The number of rotatable bonds is 8. The summed E-state index contributed by atoms with van der Waals surface area (Å²) in [4.78, 5) is 35.4. The molecule has 0 atom stereocenters. The smallest absolute Gasteiger partial charge is 0.338 e. The van der Waals surface area contributed by atoms with Gasteiger partial charge in [0.15, 0.2) is 12.4 Å². The van der Waals surface area contributed by atoms with Crippen LogP contribution in [0.15, 0.2) is 41.3 Å². The first kappa shape index (κ1) is 21.7. The average molecular weight is 415 g/mol. The second kappa shape index (κ2) is 10.1. The molecule has 2 aromatic carbocycles. The largest absolute Gasteiger partial charge is 0.487 e. The highest BCUT2D eigenvalue weighted by Gasteiger charge is 2.20. The molecule has 0 fully saturated rings. The van der Waals surface area contributed by atoms with Crippen LogP contribution in [0.4, 0.5) is 11.4 Å². The van der Waals surface area contributed by atoms with Gasteiger partial charge in [0.2, 0.25) is 0 Å². The summed E-state index contributed by atoms with van der Waals surface area (Å²) in [6.07, 6.45) is 0. The number of nitro groups is 1. The van der Waals surface area contributed by atoms with Crippen LogP contribution < -0.4 is 10.1 Å². The number of carbonyl (C=O) groups excluding carboxylic acids is 2. The van der Waals surface area contributed by atoms with E-state index in [0.717, 1.165) is 28.3 Å². The van der Waals surface area contributed by atoms with E-state index in [1.807, 2.05) is 5.40 Å². The van der Waals surface area contributed by atoms with Gasteiger partial charge in [0, 0.05) is 16.6 Å². The van der Waals surface area contributed by atoms with Crippen LogP contribution in [0.5, 0.6) is 5.75 Å². The molecule has 0 saturated carbocycles. The molecule has 1 amide bonds. The van der Waals surface area contributed by atoms with Gasteiger partial charge in [-0.1, -0.05) is 0 Å². The molecule has 0 heterocycles. The summed E-state index contributed by atoms with van der Waals surface area (Å²) in [7, 11) is 0.